The van der Waals surface area contributed by atoms with Crippen molar-refractivity contribution in [2.24, 2.45) is 22.9 Å². The molecule has 6 nitrogen and oxygen atoms in total. The number of nitrogens with one attached hydrogen (secondary N) is 1. The van der Waals surface area contributed by atoms with Crippen LogP contribution in [0.25, 0.3) is 0 Å². The Morgan fingerprint density at radius 1 is 1.33 bits per heavy atom. The standard InChI is InChI=1S/C15H15N3O3/c19-15(13-3-1-2-4-14(13)18(20)21)17-16-9-12-8-10-5-6-11(12)7-10/h1-6,9-12H,7-8H2,(H,17,19)/b16-9-/t10-,11+,12-/m1/s1. The molecule has 0 saturated heterocycles. The van der Waals surface area contributed by atoms with E-state index in [1.807, 2.05) is 0 Å². The summed E-state index contributed by atoms with van der Waals surface area (Å²) in [5, 5.41) is 14.8. The predicted octanol–water partition coefficient (Wildman–Crippen LogP) is 2.52. The highest BCUT2D eigenvalue weighted by Crippen LogP contribution is 2.42. The van der Waals surface area contributed by atoms with Gasteiger partial charge in [-0.25, -0.2) is 5.43 Å². The average molecular weight is 285 g/mol. The van der Waals surface area contributed by atoms with Crippen LogP contribution < -0.4 is 5.43 Å². The lowest BCUT2D eigenvalue weighted by Crippen LogP contribution is -2.20. The predicted molar refractivity (Wildman–Crippen MR) is 77.9 cm³/mol. The van der Waals surface area contributed by atoms with Gasteiger partial charge in [-0.2, -0.15) is 5.10 Å². The summed E-state index contributed by atoms with van der Waals surface area (Å²) in [6, 6.07) is 5.84. The molecule has 6 heteroatoms. The number of hydrogen-bond donors (Lipinski definition) is 1. The van der Waals surface area contributed by atoms with Crippen LogP contribution in [0.15, 0.2) is 41.5 Å². The highest BCUT2D eigenvalue weighted by atomic mass is 16.6. The Bertz CT molecular complexity index is 639. The molecule has 1 amide bonds. The van der Waals surface area contributed by atoms with E-state index in [2.05, 4.69) is 22.7 Å². The quantitative estimate of drug-likeness (QED) is 0.399. The minimum Gasteiger partial charge on any atom is -0.267 e. The Kier molecular flexibility index (Phi) is 3.51. The third-order valence-corrected chi connectivity index (χ3v) is 4.11. The van der Waals surface area contributed by atoms with E-state index >= 15 is 0 Å². The molecule has 1 aromatic carbocycles. The zero-order valence-electron chi connectivity index (χ0n) is 11.3. The number of para-hydroxylation sites is 1. The van der Waals surface area contributed by atoms with Gasteiger partial charge in [0, 0.05) is 18.2 Å². The molecule has 3 atom stereocenters. The minimum atomic E-state index is -0.570. The molecule has 21 heavy (non-hydrogen) atoms. The lowest BCUT2D eigenvalue weighted by molar-refractivity contribution is -0.385. The summed E-state index contributed by atoms with van der Waals surface area (Å²) in [5.41, 5.74) is 2.19. The second-order valence-electron chi connectivity index (χ2n) is 5.44. The maximum atomic E-state index is 12.0. The summed E-state index contributed by atoms with van der Waals surface area (Å²) in [5.74, 6) is 0.947. The minimum absolute atomic E-state index is 0.0208. The van der Waals surface area contributed by atoms with Crippen LogP contribution in [0.4, 0.5) is 5.69 Å². The fourth-order valence-corrected chi connectivity index (χ4v) is 3.07. The summed E-state index contributed by atoms with van der Waals surface area (Å²) in [6.45, 7) is 0. The van der Waals surface area contributed by atoms with Crippen LogP contribution in [0.3, 0.4) is 0 Å². The zero-order chi connectivity index (χ0) is 14.8. The van der Waals surface area contributed by atoms with Crippen molar-refractivity contribution in [2.75, 3.05) is 0 Å². The van der Waals surface area contributed by atoms with E-state index < -0.39 is 10.8 Å². The molecule has 1 N–H and O–H groups in total. The van der Waals surface area contributed by atoms with Crippen molar-refractivity contribution in [3.05, 3.63) is 52.1 Å². The number of nitrogens with zero attached hydrogens (tertiary/aromatic N) is 2. The van der Waals surface area contributed by atoms with E-state index in [0.717, 1.165) is 12.8 Å². The number of benzene rings is 1. The monoisotopic (exact) mass is 285 g/mol. The molecule has 2 bridgehead atoms. The van der Waals surface area contributed by atoms with E-state index in [1.165, 1.54) is 18.2 Å². The second kappa shape index (κ2) is 5.47. The number of fused-ring (bicyclic) bond motifs is 2. The summed E-state index contributed by atoms with van der Waals surface area (Å²) >= 11 is 0. The van der Waals surface area contributed by atoms with Crippen molar-refractivity contribution < 1.29 is 9.72 Å². The number of carbonyl (C=O) groups excluding carboxylic acids is 1. The van der Waals surface area contributed by atoms with E-state index in [0.29, 0.717) is 17.8 Å². The highest BCUT2D eigenvalue weighted by Gasteiger charge is 2.34. The molecule has 0 aromatic heterocycles. The Morgan fingerprint density at radius 3 is 2.81 bits per heavy atom. The van der Waals surface area contributed by atoms with Gasteiger partial charge in [-0.1, -0.05) is 24.3 Å². The summed E-state index contributed by atoms with van der Waals surface area (Å²) < 4.78 is 0. The molecule has 0 unspecified atom stereocenters. The van der Waals surface area contributed by atoms with Gasteiger partial charge in [0.25, 0.3) is 11.6 Å². The zero-order valence-corrected chi connectivity index (χ0v) is 11.3. The van der Waals surface area contributed by atoms with Gasteiger partial charge in [-0.05, 0) is 30.7 Å². The average Bonchev–Trinajstić information content (AvgIpc) is 3.09. The molecule has 2 aliphatic carbocycles. The molecule has 1 aromatic rings. The maximum Gasteiger partial charge on any atom is 0.282 e. The Labute approximate surface area is 121 Å². The van der Waals surface area contributed by atoms with Crippen LogP contribution in [0.2, 0.25) is 0 Å². The van der Waals surface area contributed by atoms with Gasteiger partial charge in [0.2, 0.25) is 0 Å². The SMILES string of the molecule is O=C(N/N=C\[C@H]1C[C@@H]2C=C[C@H]1C2)c1ccccc1[N+](=O)[O-]. The van der Waals surface area contributed by atoms with Crippen molar-refractivity contribution in [2.45, 2.75) is 12.8 Å². The smallest absolute Gasteiger partial charge is 0.267 e. The number of nitro groups is 1. The van der Waals surface area contributed by atoms with Crippen molar-refractivity contribution in [1.82, 2.24) is 5.43 Å². The topological polar surface area (TPSA) is 84.6 Å². The molecule has 0 radical (unpaired) electrons. The first-order valence-electron chi connectivity index (χ1n) is 6.90. The number of nitro benzene ring substituents is 1. The van der Waals surface area contributed by atoms with Crippen LogP contribution in [-0.4, -0.2) is 17.0 Å². The van der Waals surface area contributed by atoms with E-state index in [9.17, 15) is 14.9 Å². The van der Waals surface area contributed by atoms with Crippen LogP contribution >= 0.6 is 0 Å². The number of rotatable bonds is 4. The van der Waals surface area contributed by atoms with E-state index in [4.69, 9.17) is 0 Å². The fourth-order valence-electron chi connectivity index (χ4n) is 3.07. The van der Waals surface area contributed by atoms with E-state index in [1.54, 1.807) is 12.3 Å². The van der Waals surface area contributed by atoms with Gasteiger partial charge < -0.3 is 0 Å². The first kappa shape index (κ1) is 13.5. The molecular formula is C15H15N3O3. The lowest BCUT2D eigenvalue weighted by atomic mass is 9.95. The number of amides is 1. The molecule has 108 valence electrons. The van der Waals surface area contributed by atoms with Crippen LogP contribution in [0.5, 0.6) is 0 Å². The molecule has 0 spiro atoms. The Morgan fingerprint density at radius 2 is 2.14 bits per heavy atom. The van der Waals surface area contributed by atoms with Gasteiger partial charge in [0.15, 0.2) is 0 Å². The number of allylic oxidation sites excluding steroid dienone is 2. The summed E-state index contributed by atoms with van der Waals surface area (Å²) in [4.78, 5) is 22.3. The van der Waals surface area contributed by atoms with Gasteiger partial charge in [-0.15, -0.1) is 0 Å². The van der Waals surface area contributed by atoms with Crippen molar-refractivity contribution in [3.8, 4) is 0 Å². The third-order valence-electron chi connectivity index (χ3n) is 4.11. The normalized spacial score (nSPS) is 26.4. The van der Waals surface area contributed by atoms with Gasteiger partial charge in [0.05, 0.1) is 4.92 Å². The number of carbonyl (C=O) groups is 1. The summed E-state index contributed by atoms with van der Waals surface area (Å²) in [6.07, 6.45) is 8.41. The number of hydrogen-bond acceptors (Lipinski definition) is 4. The highest BCUT2D eigenvalue weighted by molar-refractivity contribution is 5.98. The Hall–Kier alpha value is -2.50. The van der Waals surface area contributed by atoms with Crippen molar-refractivity contribution in [1.29, 1.82) is 0 Å². The molecule has 1 saturated carbocycles. The molecule has 0 aliphatic heterocycles. The molecule has 0 heterocycles. The second-order valence-corrected chi connectivity index (χ2v) is 5.44. The molecule has 1 fully saturated rings. The van der Waals surface area contributed by atoms with Gasteiger partial charge in [-0.3, -0.25) is 14.9 Å². The fraction of sp³-hybridized carbons (Fsp3) is 0.333. The van der Waals surface area contributed by atoms with Crippen LogP contribution in [0.1, 0.15) is 23.2 Å². The van der Waals surface area contributed by atoms with Crippen molar-refractivity contribution in [3.63, 3.8) is 0 Å². The Balaban J connectivity index is 1.65. The maximum absolute atomic E-state index is 12.0. The first-order valence-corrected chi connectivity index (χ1v) is 6.90. The first-order chi connectivity index (χ1) is 10.1. The van der Waals surface area contributed by atoms with Gasteiger partial charge >= 0.3 is 0 Å². The summed E-state index contributed by atoms with van der Waals surface area (Å²) in [7, 11) is 0. The third kappa shape index (κ3) is 2.69. The van der Waals surface area contributed by atoms with Gasteiger partial charge in [0.1, 0.15) is 5.56 Å². The van der Waals surface area contributed by atoms with Crippen LogP contribution in [0, 0.1) is 27.9 Å². The van der Waals surface area contributed by atoms with E-state index in [-0.39, 0.29) is 11.3 Å². The largest absolute Gasteiger partial charge is 0.282 e. The molecular weight excluding hydrogens is 270 g/mol. The lowest BCUT2D eigenvalue weighted by Gasteiger charge is -2.11. The van der Waals surface area contributed by atoms with Crippen LogP contribution in [-0.2, 0) is 0 Å². The molecule has 2 aliphatic rings. The number of hydrazone groups is 1. The van der Waals surface area contributed by atoms with Crippen molar-refractivity contribution >= 4 is 17.8 Å². The molecule has 3 rings (SSSR count).